The molecule has 0 saturated carbocycles. The van der Waals surface area contributed by atoms with Gasteiger partial charge in [-0.1, -0.05) is 0 Å². The Morgan fingerprint density at radius 3 is 2.25 bits per heavy atom. The molecule has 0 bridgehead atoms. The lowest BCUT2D eigenvalue weighted by atomic mass is 11.7. The van der Waals surface area contributed by atoms with E-state index in [1.807, 2.05) is 0 Å². The molecule has 8 heavy (non-hydrogen) atoms. The first-order valence-corrected chi connectivity index (χ1v) is 4.41. The minimum atomic E-state index is -3.64. The number of rotatable bonds is 2. The Labute approximate surface area is 56.0 Å². The van der Waals surface area contributed by atoms with Crippen LogP contribution in [0.2, 0.25) is 0 Å². The summed E-state index contributed by atoms with van der Waals surface area (Å²) in [5.41, 5.74) is 0. The predicted molar refractivity (Wildman–Crippen MR) is 34.8 cm³/mol. The van der Waals surface area contributed by atoms with Gasteiger partial charge in [0.25, 0.3) is 0 Å². The van der Waals surface area contributed by atoms with Crippen molar-refractivity contribution in [3.63, 3.8) is 0 Å². The maximum atomic E-state index is 8.23. The standard InChI is InChI=1S/CH2NO3PS2/c3-6(4,8)5-2-1-7/h(H2,3,4,8). The molecule has 7 heteroatoms. The number of thiocarbonyl (C=S) groups is 1. The highest BCUT2D eigenvalue weighted by atomic mass is 32.5. The summed E-state index contributed by atoms with van der Waals surface area (Å²) in [6, 6.07) is 0. The van der Waals surface area contributed by atoms with Crippen LogP contribution >= 0.6 is 18.9 Å². The lowest BCUT2D eigenvalue weighted by molar-refractivity contribution is 0.267. The molecule has 0 heterocycles. The van der Waals surface area contributed by atoms with Crippen LogP contribution in [0.1, 0.15) is 0 Å². The number of isothiocyanates is 1. The molecule has 0 aromatic rings. The Balaban J connectivity index is 3.74. The quantitative estimate of drug-likeness (QED) is 0.269. The predicted octanol–water partition coefficient (Wildman–Crippen LogP) is 0.230. The van der Waals surface area contributed by atoms with Gasteiger partial charge in [0.1, 0.15) is 5.16 Å². The summed E-state index contributed by atoms with van der Waals surface area (Å²) < 4.78 is 3.83. The van der Waals surface area contributed by atoms with Crippen LogP contribution in [0.4, 0.5) is 0 Å². The van der Waals surface area contributed by atoms with Gasteiger partial charge in [0.15, 0.2) is 0 Å². The van der Waals surface area contributed by atoms with Gasteiger partial charge >= 0.3 is 6.72 Å². The van der Waals surface area contributed by atoms with Crippen LogP contribution in [0.3, 0.4) is 0 Å². The summed E-state index contributed by atoms with van der Waals surface area (Å²) in [5, 5.41) is 4.50. The normalized spacial score (nSPS) is 9.75. The molecule has 0 aromatic carbocycles. The Hall–Kier alpha value is 0.170. The summed E-state index contributed by atoms with van der Waals surface area (Å²) >= 11 is 8.00. The SMILES string of the molecule is OP(O)(=S)ON=C=S. The summed E-state index contributed by atoms with van der Waals surface area (Å²) in [7, 11) is 0. The summed E-state index contributed by atoms with van der Waals surface area (Å²) in [6.45, 7) is -3.64. The van der Waals surface area contributed by atoms with E-state index in [9.17, 15) is 0 Å². The first-order chi connectivity index (χ1) is 3.56. The van der Waals surface area contributed by atoms with E-state index in [4.69, 9.17) is 9.79 Å². The van der Waals surface area contributed by atoms with Gasteiger partial charge in [0, 0.05) is 11.8 Å². The van der Waals surface area contributed by atoms with Crippen molar-refractivity contribution in [1.29, 1.82) is 0 Å². The topological polar surface area (TPSA) is 62.0 Å². The number of hydrogen-bond donors (Lipinski definition) is 2. The Bertz CT molecular complexity index is 157. The van der Waals surface area contributed by atoms with Crippen molar-refractivity contribution in [3.8, 4) is 0 Å². The molecule has 0 aliphatic rings. The third-order valence-electron chi connectivity index (χ3n) is 0.184. The molecule has 0 saturated heterocycles. The smallest absolute Gasteiger partial charge is 0.314 e. The maximum absolute atomic E-state index is 8.23. The molecular weight excluding hydrogens is 169 g/mol. The monoisotopic (exact) mass is 171 g/mol. The average molecular weight is 171 g/mol. The second-order valence-corrected chi connectivity index (χ2v) is 3.51. The van der Waals surface area contributed by atoms with Crippen LogP contribution in [0.25, 0.3) is 0 Å². The Morgan fingerprint density at radius 2 is 2.12 bits per heavy atom. The molecule has 0 aliphatic heterocycles. The van der Waals surface area contributed by atoms with Gasteiger partial charge in [0.05, 0.1) is 0 Å². The van der Waals surface area contributed by atoms with Crippen molar-refractivity contribution >= 4 is 35.9 Å². The molecule has 4 nitrogen and oxygen atoms in total. The van der Waals surface area contributed by atoms with Crippen LogP contribution < -0.4 is 0 Å². The highest BCUT2D eigenvalue weighted by Gasteiger charge is 2.05. The largest absolute Gasteiger partial charge is 0.397 e. The highest BCUT2D eigenvalue weighted by molar-refractivity contribution is 8.06. The van der Waals surface area contributed by atoms with E-state index in [-0.39, 0.29) is 0 Å². The fraction of sp³-hybridized carbons (Fsp3) is 0. The molecule has 0 atom stereocenters. The second kappa shape index (κ2) is 3.25. The van der Waals surface area contributed by atoms with Gasteiger partial charge in [-0.25, -0.2) is 0 Å². The lowest BCUT2D eigenvalue weighted by Crippen LogP contribution is -1.75. The van der Waals surface area contributed by atoms with E-state index in [0.29, 0.717) is 0 Å². The Kier molecular flexibility index (Phi) is 3.31. The van der Waals surface area contributed by atoms with Gasteiger partial charge in [0.2, 0.25) is 0 Å². The molecular formula is CH2NO3PS2. The second-order valence-electron chi connectivity index (χ2n) is 0.755. The van der Waals surface area contributed by atoms with Crippen LogP contribution in [-0.4, -0.2) is 14.9 Å². The summed E-state index contributed by atoms with van der Waals surface area (Å²) in [4.78, 5) is 16.5. The molecule has 2 N–H and O–H groups in total. The van der Waals surface area contributed by atoms with Crippen molar-refractivity contribution < 1.29 is 14.4 Å². The molecule has 0 aliphatic carbocycles. The first-order valence-electron chi connectivity index (χ1n) is 1.38. The van der Waals surface area contributed by atoms with Crippen LogP contribution in [-0.2, 0) is 16.4 Å². The van der Waals surface area contributed by atoms with Crippen molar-refractivity contribution in [2.75, 3.05) is 0 Å². The van der Waals surface area contributed by atoms with E-state index in [1.165, 1.54) is 0 Å². The van der Waals surface area contributed by atoms with Gasteiger partial charge < -0.3 is 14.4 Å². The molecule has 0 rings (SSSR count). The van der Waals surface area contributed by atoms with E-state index < -0.39 is 6.72 Å². The molecule has 0 unspecified atom stereocenters. The zero-order chi connectivity index (χ0) is 6.62. The third-order valence-corrected chi connectivity index (χ3v) is 0.753. The summed E-state index contributed by atoms with van der Waals surface area (Å²) in [6.07, 6.45) is 0. The van der Waals surface area contributed by atoms with E-state index in [2.05, 4.69) is 33.8 Å². The molecule has 0 spiro atoms. The lowest BCUT2D eigenvalue weighted by Gasteiger charge is -1.98. The maximum Gasteiger partial charge on any atom is 0.397 e. The fourth-order valence-corrected chi connectivity index (χ4v) is 0.410. The van der Waals surface area contributed by atoms with Crippen LogP contribution in [0, 0.1) is 0 Å². The molecule has 0 amide bonds. The zero-order valence-corrected chi connectivity index (χ0v) is 6.04. The van der Waals surface area contributed by atoms with Crippen LogP contribution in [0.5, 0.6) is 0 Å². The minimum Gasteiger partial charge on any atom is -0.314 e. The van der Waals surface area contributed by atoms with E-state index >= 15 is 0 Å². The van der Waals surface area contributed by atoms with Crippen molar-refractivity contribution in [2.45, 2.75) is 0 Å². The highest BCUT2D eigenvalue weighted by Crippen LogP contribution is 2.36. The van der Waals surface area contributed by atoms with Crippen molar-refractivity contribution in [2.24, 2.45) is 5.16 Å². The molecule has 46 valence electrons. The van der Waals surface area contributed by atoms with Crippen LogP contribution in [0.15, 0.2) is 5.16 Å². The molecule has 0 aromatic heterocycles. The Morgan fingerprint density at radius 1 is 1.62 bits per heavy atom. The van der Waals surface area contributed by atoms with Gasteiger partial charge in [-0.2, -0.15) is 0 Å². The minimum absolute atomic E-state index is 1.75. The first kappa shape index (κ1) is 8.17. The van der Waals surface area contributed by atoms with E-state index in [1.54, 1.807) is 5.16 Å². The van der Waals surface area contributed by atoms with Gasteiger partial charge in [-0.3, -0.25) is 0 Å². The average Bonchev–Trinajstić information content (AvgIpc) is 1.59. The van der Waals surface area contributed by atoms with Crippen molar-refractivity contribution in [1.82, 2.24) is 0 Å². The molecule has 0 radical (unpaired) electrons. The zero-order valence-electron chi connectivity index (χ0n) is 3.51. The van der Waals surface area contributed by atoms with Crippen molar-refractivity contribution in [3.05, 3.63) is 0 Å². The summed E-state index contributed by atoms with van der Waals surface area (Å²) in [5.74, 6) is 0. The number of hydrogen-bond acceptors (Lipinski definition) is 4. The fourth-order valence-electron chi connectivity index (χ4n) is 0.0698. The number of nitrogens with zero attached hydrogens (tertiary/aromatic N) is 1. The van der Waals surface area contributed by atoms with E-state index in [0.717, 1.165) is 0 Å². The molecule has 0 fully saturated rings. The van der Waals surface area contributed by atoms with Gasteiger partial charge in [-0.05, 0) is 17.4 Å². The van der Waals surface area contributed by atoms with Gasteiger partial charge in [-0.15, -0.1) is 0 Å². The third kappa shape index (κ3) is 6.17.